The van der Waals surface area contributed by atoms with E-state index in [0.717, 1.165) is 30.6 Å². The first-order chi connectivity index (χ1) is 19.7. The number of benzene rings is 5. The van der Waals surface area contributed by atoms with Crippen LogP contribution in [0.1, 0.15) is 27.9 Å². The van der Waals surface area contributed by atoms with Crippen LogP contribution in [-0.2, 0) is 26.2 Å². The average Bonchev–Trinajstić information content (AvgIpc) is 3.48. The summed E-state index contributed by atoms with van der Waals surface area (Å²) in [6, 6.07) is 40.5. The van der Waals surface area contributed by atoms with E-state index < -0.39 is 0 Å². The van der Waals surface area contributed by atoms with Gasteiger partial charge in [-0.1, -0.05) is 66.7 Å². The van der Waals surface area contributed by atoms with Crippen molar-refractivity contribution >= 4 is 49.5 Å². The predicted molar refractivity (Wildman–Crippen MR) is 164 cm³/mol. The van der Waals surface area contributed by atoms with E-state index in [0.29, 0.717) is 18.7 Å². The molecule has 4 nitrogen and oxygen atoms in total. The monoisotopic (exact) mass is 519 g/mol. The van der Waals surface area contributed by atoms with Crippen LogP contribution in [0.5, 0.6) is 0 Å². The number of rotatable bonds is 1. The standard InChI is InChI=1S/C36H29N3O/c40-36(27-9-2-1-3-10-27)37-23-25-15-17-34-30(21-25)28-11-4-6-13-32(28)38(34)19-8-20-39-33-14-7-5-12-29(33)31-22-26(24-37)16-18-35(31)39/h1-7,9-18,21-22H,8,19-20,23-24H2. The number of hydrogen-bond acceptors (Lipinski definition) is 1. The summed E-state index contributed by atoms with van der Waals surface area (Å²) < 4.78 is 4.94. The minimum atomic E-state index is 0.0479. The van der Waals surface area contributed by atoms with Gasteiger partial charge < -0.3 is 14.0 Å². The maximum Gasteiger partial charge on any atom is 0.254 e. The average molecular weight is 520 g/mol. The lowest BCUT2D eigenvalue weighted by molar-refractivity contribution is 0.0730. The molecular formula is C36H29N3O. The molecule has 5 aromatic carbocycles. The summed E-state index contributed by atoms with van der Waals surface area (Å²) in [5, 5.41) is 5.05. The minimum absolute atomic E-state index is 0.0479. The van der Waals surface area contributed by atoms with Gasteiger partial charge in [-0.05, 0) is 66.1 Å². The van der Waals surface area contributed by atoms with Gasteiger partial charge in [-0.25, -0.2) is 0 Å². The Balaban J connectivity index is 1.35. The van der Waals surface area contributed by atoms with Crippen LogP contribution in [0.3, 0.4) is 0 Å². The number of fused-ring (bicyclic) bond motifs is 2. The molecule has 7 aromatic rings. The van der Waals surface area contributed by atoms with Crippen molar-refractivity contribution in [1.82, 2.24) is 14.0 Å². The third-order valence-corrected chi connectivity index (χ3v) is 8.49. The molecule has 0 fully saturated rings. The molecule has 0 saturated heterocycles. The molecule has 1 amide bonds. The summed E-state index contributed by atoms with van der Waals surface area (Å²) >= 11 is 0. The number of carbonyl (C=O) groups excluding carboxylic acids is 1. The Labute approximate surface area is 232 Å². The van der Waals surface area contributed by atoms with Crippen LogP contribution in [0.4, 0.5) is 0 Å². The smallest absolute Gasteiger partial charge is 0.254 e. The number of aryl methyl sites for hydroxylation is 2. The lowest BCUT2D eigenvalue weighted by Crippen LogP contribution is -2.30. The molecule has 4 heteroatoms. The van der Waals surface area contributed by atoms with Gasteiger partial charge in [0.1, 0.15) is 0 Å². The fourth-order valence-corrected chi connectivity index (χ4v) is 6.67. The number of carbonyl (C=O) groups is 1. The van der Waals surface area contributed by atoms with E-state index in [1.54, 1.807) is 0 Å². The number of hydrogen-bond donors (Lipinski definition) is 0. The highest BCUT2D eigenvalue weighted by atomic mass is 16.2. The lowest BCUT2D eigenvalue weighted by atomic mass is 10.1. The van der Waals surface area contributed by atoms with Gasteiger partial charge in [0.2, 0.25) is 0 Å². The molecule has 6 heterocycles. The van der Waals surface area contributed by atoms with Crippen molar-refractivity contribution in [2.45, 2.75) is 32.6 Å². The molecular weight excluding hydrogens is 490 g/mol. The van der Waals surface area contributed by atoms with Gasteiger partial charge in [-0.3, -0.25) is 4.79 Å². The predicted octanol–water partition coefficient (Wildman–Crippen LogP) is 8.15. The van der Waals surface area contributed by atoms with Gasteiger partial charge in [0.05, 0.1) is 0 Å². The Bertz CT molecular complexity index is 1940. The zero-order valence-corrected chi connectivity index (χ0v) is 22.3. The largest absolute Gasteiger partial charge is 0.340 e. The highest BCUT2D eigenvalue weighted by Gasteiger charge is 2.20. The molecule has 2 aromatic heterocycles. The molecule has 0 saturated carbocycles. The maximum atomic E-state index is 13.9. The van der Waals surface area contributed by atoms with Crippen LogP contribution < -0.4 is 0 Å². The third-order valence-electron chi connectivity index (χ3n) is 8.49. The van der Waals surface area contributed by atoms with Crippen molar-refractivity contribution in [3.8, 4) is 0 Å². The Morgan fingerprint density at radius 2 is 0.975 bits per heavy atom. The van der Waals surface area contributed by atoms with Gasteiger partial charge in [-0.15, -0.1) is 0 Å². The summed E-state index contributed by atoms with van der Waals surface area (Å²) in [6.45, 7) is 2.97. The first kappa shape index (κ1) is 23.1. The Morgan fingerprint density at radius 3 is 1.52 bits per heavy atom. The summed E-state index contributed by atoms with van der Waals surface area (Å²) in [4.78, 5) is 15.9. The van der Waals surface area contributed by atoms with Gasteiger partial charge in [0, 0.05) is 75.4 Å². The molecule has 4 aliphatic rings. The van der Waals surface area contributed by atoms with E-state index in [9.17, 15) is 4.79 Å². The topological polar surface area (TPSA) is 30.2 Å². The van der Waals surface area contributed by atoms with E-state index in [4.69, 9.17) is 0 Å². The molecule has 40 heavy (non-hydrogen) atoms. The molecule has 0 aliphatic carbocycles. The Kier molecular flexibility index (Phi) is 5.27. The van der Waals surface area contributed by atoms with Crippen LogP contribution in [0, 0.1) is 0 Å². The minimum Gasteiger partial charge on any atom is -0.340 e. The van der Waals surface area contributed by atoms with Crippen molar-refractivity contribution < 1.29 is 4.79 Å². The highest BCUT2D eigenvalue weighted by Crippen LogP contribution is 2.33. The molecule has 0 unspecified atom stereocenters. The third kappa shape index (κ3) is 3.64. The SMILES string of the molecule is O=C(c1ccccc1)N1Cc2ccc3c(c2)c2ccccc2n3CCCn2c3ccccc3c3cc(ccc32)C1. The van der Waals surface area contributed by atoms with Gasteiger partial charge in [0.25, 0.3) is 5.91 Å². The molecule has 0 atom stereocenters. The number of nitrogens with zero attached hydrogens (tertiary/aromatic N) is 3. The fraction of sp³-hybridized carbons (Fsp3) is 0.139. The summed E-state index contributed by atoms with van der Waals surface area (Å²) in [5.41, 5.74) is 8.04. The summed E-state index contributed by atoms with van der Waals surface area (Å²) in [5.74, 6) is 0.0479. The fourth-order valence-electron chi connectivity index (χ4n) is 6.67. The number of aromatic nitrogens is 2. The van der Waals surface area contributed by atoms with Crippen LogP contribution in [0.2, 0.25) is 0 Å². The van der Waals surface area contributed by atoms with Gasteiger partial charge >= 0.3 is 0 Å². The van der Waals surface area contributed by atoms with E-state index in [1.165, 1.54) is 43.6 Å². The Morgan fingerprint density at radius 1 is 0.500 bits per heavy atom. The zero-order valence-electron chi connectivity index (χ0n) is 22.3. The number of amides is 1. The molecule has 8 bridgehead atoms. The van der Waals surface area contributed by atoms with Crippen molar-refractivity contribution in [2.24, 2.45) is 0 Å². The molecule has 11 rings (SSSR count). The van der Waals surface area contributed by atoms with E-state index >= 15 is 0 Å². The van der Waals surface area contributed by atoms with Crippen LogP contribution in [0.15, 0.2) is 115 Å². The second kappa shape index (κ2) is 9.13. The second-order valence-electron chi connectivity index (χ2n) is 10.9. The van der Waals surface area contributed by atoms with Crippen LogP contribution in [0.25, 0.3) is 43.6 Å². The second-order valence-corrected chi connectivity index (χ2v) is 10.9. The van der Waals surface area contributed by atoms with Crippen molar-refractivity contribution in [3.63, 3.8) is 0 Å². The van der Waals surface area contributed by atoms with Crippen molar-refractivity contribution in [3.05, 3.63) is 132 Å². The molecule has 194 valence electrons. The first-order valence-electron chi connectivity index (χ1n) is 14.1. The zero-order chi connectivity index (χ0) is 26.6. The van der Waals surface area contributed by atoms with Crippen LogP contribution in [-0.4, -0.2) is 19.9 Å². The molecule has 0 N–H and O–H groups in total. The van der Waals surface area contributed by atoms with Crippen molar-refractivity contribution in [1.29, 1.82) is 0 Å². The molecule has 0 radical (unpaired) electrons. The quantitative estimate of drug-likeness (QED) is 0.215. The lowest BCUT2D eigenvalue weighted by Gasteiger charge is -2.24. The van der Waals surface area contributed by atoms with E-state index in [1.807, 2.05) is 35.2 Å². The Hall–Kier alpha value is -4.83. The van der Waals surface area contributed by atoms with E-state index in [2.05, 4.69) is 94.1 Å². The van der Waals surface area contributed by atoms with Gasteiger partial charge in [0.15, 0.2) is 0 Å². The molecule has 4 aliphatic heterocycles. The first-order valence-corrected chi connectivity index (χ1v) is 14.1. The van der Waals surface area contributed by atoms with E-state index in [-0.39, 0.29) is 5.91 Å². The normalized spacial score (nSPS) is 14.1. The van der Waals surface area contributed by atoms with Crippen LogP contribution >= 0.6 is 0 Å². The maximum absolute atomic E-state index is 13.9. The van der Waals surface area contributed by atoms with Crippen molar-refractivity contribution in [2.75, 3.05) is 0 Å². The van der Waals surface area contributed by atoms with Gasteiger partial charge in [-0.2, -0.15) is 0 Å². The highest BCUT2D eigenvalue weighted by molar-refractivity contribution is 6.09. The summed E-state index contributed by atoms with van der Waals surface area (Å²) in [7, 11) is 0. The molecule has 0 spiro atoms. The number of para-hydroxylation sites is 2. The summed E-state index contributed by atoms with van der Waals surface area (Å²) in [6.07, 6.45) is 1.03.